The van der Waals surface area contributed by atoms with Crippen LogP contribution in [0.5, 0.6) is 0 Å². The van der Waals surface area contributed by atoms with Gasteiger partial charge in [0.1, 0.15) is 0 Å². The van der Waals surface area contributed by atoms with Crippen molar-refractivity contribution in [2.75, 3.05) is 0 Å². The molecule has 1 aliphatic carbocycles. The molecule has 1 heterocycles. The first-order chi connectivity index (χ1) is 9.90. The largest absolute Gasteiger partial charge is 0.271 e. The molecule has 0 bridgehead atoms. The number of hydrogen-bond acceptors (Lipinski definition) is 3. The Morgan fingerprint density at radius 1 is 1.38 bits per heavy atom. The second kappa shape index (κ2) is 6.93. The van der Waals surface area contributed by atoms with Crippen LogP contribution in [0.25, 0.3) is 0 Å². The SMILES string of the molecule is CC(CC(Cc1ccn(C2CCCC2)n1)NN)C(C)(C)C. The molecule has 1 fully saturated rings. The summed E-state index contributed by atoms with van der Waals surface area (Å²) in [5.41, 5.74) is 4.46. The first-order valence-corrected chi connectivity index (χ1v) is 8.40. The summed E-state index contributed by atoms with van der Waals surface area (Å²) >= 11 is 0. The lowest BCUT2D eigenvalue weighted by Crippen LogP contribution is -2.39. The molecule has 0 amide bonds. The van der Waals surface area contributed by atoms with Crippen LogP contribution in [0.3, 0.4) is 0 Å². The van der Waals surface area contributed by atoms with Gasteiger partial charge < -0.3 is 0 Å². The second-order valence-corrected chi connectivity index (χ2v) is 7.80. The number of nitrogens with two attached hydrogens (primary N) is 1. The standard InChI is InChI=1S/C17H32N4/c1-13(17(2,3)4)11-15(19-18)12-14-9-10-21(20-14)16-7-5-6-8-16/h9-10,13,15-16,19H,5-8,11-12,18H2,1-4H3. The summed E-state index contributed by atoms with van der Waals surface area (Å²) in [6.45, 7) is 9.18. The minimum atomic E-state index is 0.297. The Morgan fingerprint density at radius 3 is 2.62 bits per heavy atom. The summed E-state index contributed by atoms with van der Waals surface area (Å²) in [7, 11) is 0. The highest BCUT2D eigenvalue weighted by Gasteiger charge is 2.24. The van der Waals surface area contributed by atoms with E-state index in [2.05, 4.69) is 50.1 Å². The van der Waals surface area contributed by atoms with Gasteiger partial charge in [-0.05, 0) is 36.7 Å². The number of rotatable bonds is 6. The number of nitrogens with zero attached hydrogens (tertiary/aromatic N) is 2. The predicted octanol–water partition coefficient (Wildman–Crippen LogP) is 3.44. The summed E-state index contributed by atoms with van der Waals surface area (Å²) in [5, 5.41) is 4.77. The molecule has 21 heavy (non-hydrogen) atoms. The maximum absolute atomic E-state index is 5.76. The van der Waals surface area contributed by atoms with Crippen molar-refractivity contribution < 1.29 is 0 Å². The van der Waals surface area contributed by atoms with E-state index in [9.17, 15) is 0 Å². The van der Waals surface area contributed by atoms with Crippen molar-refractivity contribution in [3.05, 3.63) is 18.0 Å². The van der Waals surface area contributed by atoms with E-state index in [0.717, 1.165) is 18.5 Å². The summed E-state index contributed by atoms with van der Waals surface area (Å²) in [4.78, 5) is 0. The van der Waals surface area contributed by atoms with Crippen LogP contribution in [0, 0.1) is 11.3 Å². The van der Waals surface area contributed by atoms with Crippen LogP contribution in [0.1, 0.15) is 71.5 Å². The van der Waals surface area contributed by atoms with Gasteiger partial charge in [0.25, 0.3) is 0 Å². The molecule has 4 nitrogen and oxygen atoms in total. The summed E-state index contributed by atoms with van der Waals surface area (Å²) in [6, 6.07) is 3.08. The summed E-state index contributed by atoms with van der Waals surface area (Å²) in [5.74, 6) is 6.38. The summed E-state index contributed by atoms with van der Waals surface area (Å²) in [6.07, 6.45) is 9.38. The first kappa shape index (κ1) is 16.5. The van der Waals surface area contributed by atoms with Crippen molar-refractivity contribution >= 4 is 0 Å². The fraction of sp³-hybridized carbons (Fsp3) is 0.824. The van der Waals surface area contributed by atoms with Gasteiger partial charge in [-0.1, -0.05) is 40.5 Å². The lowest BCUT2D eigenvalue weighted by atomic mass is 9.78. The third-order valence-electron chi connectivity index (χ3n) is 5.17. The molecule has 2 unspecified atom stereocenters. The molecule has 1 saturated carbocycles. The van der Waals surface area contributed by atoms with Gasteiger partial charge in [0.2, 0.25) is 0 Å². The van der Waals surface area contributed by atoms with Crippen molar-refractivity contribution in [2.45, 2.75) is 78.3 Å². The molecule has 2 atom stereocenters. The van der Waals surface area contributed by atoms with Crippen LogP contribution in [-0.2, 0) is 6.42 Å². The quantitative estimate of drug-likeness (QED) is 0.624. The fourth-order valence-electron chi connectivity index (χ4n) is 3.10. The van der Waals surface area contributed by atoms with Gasteiger partial charge >= 0.3 is 0 Å². The van der Waals surface area contributed by atoms with Crippen LogP contribution in [0.2, 0.25) is 0 Å². The molecule has 0 spiro atoms. The molecular formula is C17H32N4. The lowest BCUT2D eigenvalue weighted by molar-refractivity contribution is 0.222. The van der Waals surface area contributed by atoms with Gasteiger partial charge in [0.05, 0.1) is 11.7 Å². The van der Waals surface area contributed by atoms with Gasteiger partial charge in [-0.15, -0.1) is 0 Å². The average molecular weight is 292 g/mol. The Kier molecular flexibility index (Phi) is 5.44. The Labute approximate surface area is 129 Å². The minimum Gasteiger partial charge on any atom is -0.271 e. The fourth-order valence-corrected chi connectivity index (χ4v) is 3.10. The minimum absolute atomic E-state index is 0.297. The monoisotopic (exact) mass is 292 g/mol. The van der Waals surface area contributed by atoms with E-state index >= 15 is 0 Å². The predicted molar refractivity (Wildman–Crippen MR) is 87.8 cm³/mol. The van der Waals surface area contributed by atoms with Crippen molar-refractivity contribution in [1.82, 2.24) is 15.2 Å². The van der Waals surface area contributed by atoms with Crippen LogP contribution < -0.4 is 11.3 Å². The number of aromatic nitrogens is 2. The van der Waals surface area contributed by atoms with Crippen molar-refractivity contribution in [3.8, 4) is 0 Å². The van der Waals surface area contributed by atoms with Crippen LogP contribution >= 0.6 is 0 Å². The third kappa shape index (κ3) is 4.55. The highest BCUT2D eigenvalue weighted by Crippen LogP contribution is 2.30. The molecule has 4 heteroatoms. The topological polar surface area (TPSA) is 55.9 Å². The number of hydrogen-bond donors (Lipinski definition) is 2. The molecule has 2 rings (SSSR count). The Hall–Kier alpha value is -0.870. The van der Waals surface area contributed by atoms with Crippen LogP contribution in [0.4, 0.5) is 0 Å². The molecule has 1 aliphatic rings. The summed E-state index contributed by atoms with van der Waals surface area (Å²) < 4.78 is 2.17. The Balaban J connectivity index is 1.92. The number of hydrazine groups is 1. The highest BCUT2D eigenvalue weighted by atomic mass is 15.3. The van der Waals surface area contributed by atoms with Crippen molar-refractivity contribution in [3.63, 3.8) is 0 Å². The highest BCUT2D eigenvalue weighted by molar-refractivity contribution is 5.03. The van der Waals surface area contributed by atoms with E-state index in [1.807, 2.05) is 0 Å². The molecule has 0 aliphatic heterocycles. The van der Waals surface area contributed by atoms with Gasteiger partial charge in [-0.25, -0.2) is 0 Å². The van der Waals surface area contributed by atoms with E-state index in [4.69, 9.17) is 10.9 Å². The maximum atomic E-state index is 5.76. The molecule has 1 aromatic heterocycles. The smallest absolute Gasteiger partial charge is 0.0640 e. The zero-order valence-electron chi connectivity index (χ0n) is 14.1. The molecule has 0 saturated heterocycles. The van der Waals surface area contributed by atoms with Gasteiger partial charge in [0, 0.05) is 18.7 Å². The number of nitrogens with one attached hydrogen (secondary N) is 1. The van der Waals surface area contributed by atoms with Crippen molar-refractivity contribution in [2.24, 2.45) is 17.2 Å². The molecular weight excluding hydrogens is 260 g/mol. The molecule has 1 aromatic rings. The van der Waals surface area contributed by atoms with E-state index in [1.165, 1.54) is 25.7 Å². The van der Waals surface area contributed by atoms with Crippen molar-refractivity contribution in [1.29, 1.82) is 0 Å². The van der Waals surface area contributed by atoms with E-state index in [-0.39, 0.29) is 0 Å². The molecule has 3 N–H and O–H groups in total. The third-order valence-corrected chi connectivity index (χ3v) is 5.17. The van der Waals surface area contributed by atoms with Gasteiger partial charge in [-0.3, -0.25) is 16.0 Å². The van der Waals surface area contributed by atoms with E-state index < -0.39 is 0 Å². The molecule has 120 valence electrons. The average Bonchev–Trinajstić information content (AvgIpc) is 3.07. The lowest BCUT2D eigenvalue weighted by Gasteiger charge is -2.30. The van der Waals surface area contributed by atoms with Gasteiger partial charge in [-0.2, -0.15) is 5.10 Å². The first-order valence-electron chi connectivity index (χ1n) is 8.40. The van der Waals surface area contributed by atoms with E-state index in [1.54, 1.807) is 0 Å². The van der Waals surface area contributed by atoms with Gasteiger partial charge in [0.15, 0.2) is 0 Å². The zero-order valence-corrected chi connectivity index (χ0v) is 14.1. The normalized spacial score (nSPS) is 19.9. The van der Waals surface area contributed by atoms with Crippen LogP contribution in [0.15, 0.2) is 12.3 Å². The molecule has 0 aromatic carbocycles. The Bertz CT molecular complexity index is 426. The second-order valence-electron chi connectivity index (χ2n) is 7.80. The van der Waals surface area contributed by atoms with E-state index in [0.29, 0.717) is 23.4 Å². The van der Waals surface area contributed by atoms with Crippen LogP contribution in [-0.4, -0.2) is 15.8 Å². The maximum Gasteiger partial charge on any atom is 0.0640 e. The Morgan fingerprint density at radius 2 is 2.05 bits per heavy atom. The zero-order chi connectivity index (χ0) is 15.5. The molecule has 0 radical (unpaired) electrons.